The van der Waals surface area contributed by atoms with E-state index in [0.717, 1.165) is 0 Å². The monoisotopic (exact) mass is 186 g/mol. The van der Waals surface area contributed by atoms with Crippen LogP contribution < -0.4 is 0 Å². The summed E-state index contributed by atoms with van der Waals surface area (Å²) in [6, 6.07) is 0. The zero-order valence-corrected chi connectivity index (χ0v) is 8.12. The first-order chi connectivity index (χ1) is 6.00. The molecule has 4 nitrogen and oxygen atoms in total. The van der Waals surface area contributed by atoms with Crippen LogP contribution in [0.5, 0.6) is 0 Å². The Balaban J connectivity index is 2.71. The fraction of sp³-hybridized carbons (Fsp3) is 0.778. The number of carbonyl (C=O) groups excluding carboxylic acids is 2. The molecule has 1 fully saturated rings. The van der Waals surface area contributed by atoms with E-state index in [0.29, 0.717) is 13.0 Å². The summed E-state index contributed by atoms with van der Waals surface area (Å²) >= 11 is 0. The largest absolute Gasteiger partial charge is 0.459 e. The Labute approximate surface area is 77.2 Å². The van der Waals surface area contributed by atoms with Crippen molar-refractivity contribution in [2.45, 2.75) is 26.4 Å². The number of hydrogen-bond acceptors (Lipinski definition) is 4. The summed E-state index contributed by atoms with van der Waals surface area (Å²) in [4.78, 5) is 22.5. The summed E-state index contributed by atoms with van der Waals surface area (Å²) in [7, 11) is 1.54. The smallest absolute Gasteiger partial charge is 0.319 e. The van der Waals surface area contributed by atoms with Crippen LogP contribution in [0.15, 0.2) is 0 Å². The Kier molecular flexibility index (Phi) is 2.71. The van der Waals surface area contributed by atoms with E-state index in [2.05, 4.69) is 0 Å². The number of methoxy groups -OCH3 is 1. The standard InChI is InChI=1S/C9H14O4/c1-6(10)9(2)4-7(5-12-3)13-8(9)11/h7H,4-5H2,1-3H3/t7-,9-/m0/s1. The number of ketones is 1. The van der Waals surface area contributed by atoms with Crippen molar-refractivity contribution in [3.63, 3.8) is 0 Å². The van der Waals surface area contributed by atoms with Crippen molar-refractivity contribution in [3.8, 4) is 0 Å². The molecule has 0 N–H and O–H groups in total. The number of cyclic esters (lactones) is 1. The molecular formula is C9H14O4. The van der Waals surface area contributed by atoms with Crippen LogP contribution in [-0.2, 0) is 19.1 Å². The minimum absolute atomic E-state index is 0.142. The van der Waals surface area contributed by atoms with Crippen LogP contribution in [-0.4, -0.2) is 31.6 Å². The van der Waals surface area contributed by atoms with Gasteiger partial charge in [0.2, 0.25) is 0 Å². The molecule has 1 rings (SSSR count). The minimum atomic E-state index is -0.955. The average molecular weight is 186 g/mol. The Morgan fingerprint density at radius 3 is 2.77 bits per heavy atom. The maximum Gasteiger partial charge on any atom is 0.319 e. The molecule has 0 unspecified atom stereocenters. The van der Waals surface area contributed by atoms with Gasteiger partial charge in [-0.3, -0.25) is 9.59 Å². The van der Waals surface area contributed by atoms with Crippen molar-refractivity contribution < 1.29 is 19.1 Å². The zero-order chi connectivity index (χ0) is 10.1. The van der Waals surface area contributed by atoms with Gasteiger partial charge in [0, 0.05) is 13.5 Å². The average Bonchev–Trinajstić information content (AvgIpc) is 2.29. The van der Waals surface area contributed by atoms with Crippen LogP contribution in [0.3, 0.4) is 0 Å². The molecule has 2 atom stereocenters. The van der Waals surface area contributed by atoms with E-state index < -0.39 is 11.4 Å². The number of rotatable bonds is 3. The van der Waals surface area contributed by atoms with Gasteiger partial charge in [-0.05, 0) is 13.8 Å². The lowest BCUT2D eigenvalue weighted by Gasteiger charge is -2.13. The number of esters is 1. The fourth-order valence-corrected chi connectivity index (χ4v) is 1.43. The highest BCUT2D eigenvalue weighted by atomic mass is 16.6. The van der Waals surface area contributed by atoms with Gasteiger partial charge in [-0.15, -0.1) is 0 Å². The van der Waals surface area contributed by atoms with Gasteiger partial charge in [-0.2, -0.15) is 0 Å². The van der Waals surface area contributed by atoms with E-state index in [1.807, 2.05) is 0 Å². The molecule has 4 heteroatoms. The van der Waals surface area contributed by atoms with Gasteiger partial charge in [-0.25, -0.2) is 0 Å². The first-order valence-corrected chi connectivity index (χ1v) is 4.22. The third-order valence-electron chi connectivity index (χ3n) is 2.49. The summed E-state index contributed by atoms with van der Waals surface area (Å²) in [5.41, 5.74) is -0.955. The number of hydrogen-bond donors (Lipinski definition) is 0. The summed E-state index contributed by atoms with van der Waals surface area (Å²) in [6.07, 6.45) is 0.154. The number of carbonyl (C=O) groups is 2. The second-order valence-corrected chi connectivity index (χ2v) is 3.58. The molecule has 13 heavy (non-hydrogen) atoms. The molecule has 0 saturated carbocycles. The molecule has 0 bridgehead atoms. The SMILES string of the molecule is COC[C@@H]1C[C@@](C)(C(C)=O)C(=O)O1. The fourth-order valence-electron chi connectivity index (χ4n) is 1.43. The Bertz CT molecular complexity index is 236. The molecule has 74 valence electrons. The molecule has 1 aliphatic heterocycles. The topological polar surface area (TPSA) is 52.6 Å². The lowest BCUT2D eigenvalue weighted by molar-refractivity contribution is -0.152. The zero-order valence-electron chi connectivity index (χ0n) is 8.12. The van der Waals surface area contributed by atoms with Gasteiger partial charge in [0.15, 0.2) is 0 Å². The second kappa shape index (κ2) is 3.46. The van der Waals surface area contributed by atoms with E-state index >= 15 is 0 Å². The maximum atomic E-state index is 11.3. The molecule has 1 aliphatic rings. The molecule has 0 aliphatic carbocycles. The first-order valence-electron chi connectivity index (χ1n) is 4.22. The molecular weight excluding hydrogens is 172 g/mol. The minimum Gasteiger partial charge on any atom is -0.459 e. The molecule has 0 aromatic carbocycles. The third kappa shape index (κ3) is 1.72. The third-order valence-corrected chi connectivity index (χ3v) is 2.49. The van der Waals surface area contributed by atoms with Crippen LogP contribution in [0.1, 0.15) is 20.3 Å². The van der Waals surface area contributed by atoms with Gasteiger partial charge < -0.3 is 9.47 Å². The van der Waals surface area contributed by atoms with Crippen molar-refractivity contribution in [1.29, 1.82) is 0 Å². The molecule has 0 amide bonds. The van der Waals surface area contributed by atoms with Crippen molar-refractivity contribution in [2.24, 2.45) is 5.41 Å². The predicted octanol–water partition coefficient (Wildman–Crippen LogP) is 0.544. The Morgan fingerprint density at radius 2 is 2.38 bits per heavy atom. The summed E-state index contributed by atoms with van der Waals surface area (Å²) < 4.78 is 9.85. The quantitative estimate of drug-likeness (QED) is 0.477. The Hall–Kier alpha value is -0.900. The van der Waals surface area contributed by atoms with Gasteiger partial charge >= 0.3 is 5.97 Å². The van der Waals surface area contributed by atoms with E-state index in [9.17, 15) is 9.59 Å². The molecule has 0 spiro atoms. The van der Waals surface area contributed by atoms with Gasteiger partial charge in [-0.1, -0.05) is 0 Å². The van der Waals surface area contributed by atoms with Crippen molar-refractivity contribution in [2.75, 3.05) is 13.7 Å². The van der Waals surface area contributed by atoms with Crippen LogP contribution in [0.25, 0.3) is 0 Å². The highest BCUT2D eigenvalue weighted by molar-refractivity contribution is 6.03. The maximum absolute atomic E-state index is 11.3. The molecule has 0 aromatic heterocycles. The highest BCUT2D eigenvalue weighted by Crippen LogP contribution is 2.34. The predicted molar refractivity (Wildman–Crippen MR) is 45.2 cm³/mol. The summed E-state index contributed by atoms with van der Waals surface area (Å²) in [6.45, 7) is 3.39. The van der Waals surface area contributed by atoms with E-state index in [1.165, 1.54) is 14.0 Å². The first kappa shape index (κ1) is 10.2. The lowest BCUT2D eigenvalue weighted by Crippen LogP contribution is -2.30. The van der Waals surface area contributed by atoms with Gasteiger partial charge in [0.1, 0.15) is 17.3 Å². The lowest BCUT2D eigenvalue weighted by atomic mass is 9.83. The summed E-state index contributed by atoms with van der Waals surface area (Å²) in [5, 5.41) is 0. The number of ether oxygens (including phenoxy) is 2. The molecule has 0 radical (unpaired) electrons. The van der Waals surface area contributed by atoms with Gasteiger partial charge in [0.25, 0.3) is 0 Å². The number of Topliss-reactive ketones (excluding diaryl/α,β-unsaturated/α-hetero) is 1. The molecule has 1 saturated heterocycles. The molecule has 1 heterocycles. The summed E-state index contributed by atoms with van der Waals surface area (Å²) in [5.74, 6) is -0.571. The normalized spacial score (nSPS) is 33.2. The van der Waals surface area contributed by atoms with E-state index in [-0.39, 0.29) is 11.9 Å². The van der Waals surface area contributed by atoms with E-state index in [1.54, 1.807) is 6.92 Å². The van der Waals surface area contributed by atoms with Crippen LogP contribution in [0.4, 0.5) is 0 Å². The van der Waals surface area contributed by atoms with Crippen molar-refractivity contribution in [1.82, 2.24) is 0 Å². The van der Waals surface area contributed by atoms with Crippen molar-refractivity contribution in [3.05, 3.63) is 0 Å². The highest BCUT2D eigenvalue weighted by Gasteiger charge is 2.48. The molecule has 0 aromatic rings. The van der Waals surface area contributed by atoms with E-state index in [4.69, 9.17) is 9.47 Å². The van der Waals surface area contributed by atoms with Gasteiger partial charge in [0.05, 0.1) is 6.61 Å². The van der Waals surface area contributed by atoms with Crippen LogP contribution in [0.2, 0.25) is 0 Å². The van der Waals surface area contributed by atoms with Crippen LogP contribution >= 0.6 is 0 Å². The van der Waals surface area contributed by atoms with Crippen LogP contribution in [0, 0.1) is 5.41 Å². The second-order valence-electron chi connectivity index (χ2n) is 3.58. The Morgan fingerprint density at radius 1 is 1.77 bits per heavy atom. The van der Waals surface area contributed by atoms with Crippen molar-refractivity contribution >= 4 is 11.8 Å².